The zero-order chi connectivity index (χ0) is 8.27. The van der Waals surface area contributed by atoms with Crippen molar-refractivity contribution in [3.8, 4) is 0 Å². The van der Waals surface area contributed by atoms with E-state index < -0.39 is 0 Å². The maximum atomic E-state index is 10.9. The minimum Gasteiger partial charge on any atom is -0.349 e. The maximum Gasteiger partial charge on any atom is 0.243 e. The molecule has 0 bridgehead atoms. The minimum atomic E-state index is -0.0430. The Labute approximate surface area is 80.6 Å². The van der Waals surface area contributed by atoms with Crippen molar-refractivity contribution in [1.82, 2.24) is 5.32 Å². The minimum absolute atomic E-state index is 0.0430. The summed E-state index contributed by atoms with van der Waals surface area (Å²) in [6, 6.07) is 0.376. The number of amides is 1. The largest absolute Gasteiger partial charge is 0.349 e. The lowest BCUT2D eigenvalue weighted by molar-refractivity contribution is -0.117. The van der Waals surface area contributed by atoms with E-state index in [4.69, 9.17) is 0 Å². The summed E-state index contributed by atoms with van der Waals surface area (Å²) in [5.41, 5.74) is 0. The number of rotatable bonds is 2. The van der Waals surface area contributed by atoms with Crippen LogP contribution in [0.2, 0.25) is 0 Å². The Hall–Kier alpha value is -0.0600. The van der Waals surface area contributed by atoms with Gasteiger partial charge < -0.3 is 5.32 Å². The van der Waals surface area contributed by atoms with E-state index in [2.05, 4.69) is 34.5 Å². The van der Waals surface area contributed by atoms with Crippen LogP contribution in [0, 0.1) is 0 Å². The quantitative estimate of drug-likeness (QED) is 0.459. The number of halogens is 1. The van der Waals surface area contributed by atoms with Crippen LogP contribution in [0.1, 0.15) is 19.3 Å². The molecule has 0 aliphatic heterocycles. The first-order chi connectivity index (χ1) is 5.24. The molecule has 0 aromatic carbocycles. The number of carbonyl (C=O) groups excluding carboxylic acids is 1. The van der Waals surface area contributed by atoms with Crippen LogP contribution in [0.3, 0.4) is 0 Å². The number of alkyl halides is 1. The van der Waals surface area contributed by atoms with E-state index >= 15 is 0 Å². The molecule has 11 heavy (non-hydrogen) atoms. The average molecular weight is 265 g/mol. The highest BCUT2D eigenvalue weighted by atomic mass is 127. The van der Waals surface area contributed by atoms with Crippen LogP contribution >= 0.6 is 22.6 Å². The van der Waals surface area contributed by atoms with Crippen LogP contribution in [0.15, 0.2) is 12.7 Å². The monoisotopic (exact) mass is 265 g/mol. The fraction of sp³-hybridized carbons (Fsp3) is 0.625. The Morgan fingerprint density at radius 1 is 1.64 bits per heavy atom. The molecule has 0 heterocycles. The highest BCUT2D eigenvalue weighted by Gasteiger charge is 2.25. The fourth-order valence-electron chi connectivity index (χ4n) is 1.32. The maximum absolute atomic E-state index is 10.9. The Morgan fingerprint density at radius 2 is 2.36 bits per heavy atom. The van der Waals surface area contributed by atoms with Gasteiger partial charge in [0.1, 0.15) is 0 Å². The molecular formula is C8H12INO. The van der Waals surface area contributed by atoms with Crippen molar-refractivity contribution >= 4 is 28.5 Å². The van der Waals surface area contributed by atoms with Crippen molar-refractivity contribution in [3.05, 3.63) is 12.7 Å². The summed E-state index contributed by atoms with van der Waals surface area (Å²) in [4.78, 5) is 10.9. The van der Waals surface area contributed by atoms with Gasteiger partial charge in [0.25, 0.3) is 0 Å². The molecule has 2 atom stereocenters. The predicted molar refractivity (Wildman–Crippen MR) is 53.8 cm³/mol. The topological polar surface area (TPSA) is 29.1 Å². The molecule has 0 saturated heterocycles. The normalized spacial score (nSPS) is 29.9. The molecule has 1 saturated carbocycles. The molecule has 0 aromatic heterocycles. The molecule has 2 nitrogen and oxygen atoms in total. The van der Waals surface area contributed by atoms with E-state index in [-0.39, 0.29) is 5.91 Å². The molecular weight excluding hydrogens is 253 g/mol. The molecule has 1 fully saturated rings. The first-order valence-corrected chi connectivity index (χ1v) is 5.05. The van der Waals surface area contributed by atoms with Gasteiger partial charge in [0, 0.05) is 9.97 Å². The van der Waals surface area contributed by atoms with Crippen molar-refractivity contribution < 1.29 is 4.79 Å². The Kier molecular flexibility index (Phi) is 3.36. The Bertz CT molecular complexity index is 169. The summed E-state index contributed by atoms with van der Waals surface area (Å²) >= 11 is 2.39. The summed E-state index contributed by atoms with van der Waals surface area (Å²) in [5, 5.41) is 2.91. The standard InChI is InChI=1S/C8H12INO/c1-2-8(11)10-7-5-3-4-6(7)9/h2,6-7H,1,3-5H2,(H,10,11). The van der Waals surface area contributed by atoms with Gasteiger partial charge in [0.05, 0.1) is 0 Å². The molecule has 62 valence electrons. The summed E-state index contributed by atoms with van der Waals surface area (Å²) < 4.78 is 0.608. The fourth-order valence-corrected chi connectivity index (χ4v) is 2.30. The van der Waals surface area contributed by atoms with Crippen molar-refractivity contribution in [3.63, 3.8) is 0 Å². The SMILES string of the molecule is C=CC(=O)NC1CCCC1I. The molecule has 1 N–H and O–H groups in total. The van der Waals surface area contributed by atoms with Crippen LogP contribution in [0.25, 0.3) is 0 Å². The van der Waals surface area contributed by atoms with Crippen molar-refractivity contribution in [2.24, 2.45) is 0 Å². The zero-order valence-corrected chi connectivity index (χ0v) is 8.50. The van der Waals surface area contributed by atoms with E-state index in [0.29, 0.717) is 9.97 Å². The Balaban J connectivity index is 2.36. The van der Waals surface area contributed by atoms with Crippen LogP contribution in [-0.2, 0) is 4.79 Å². The molecule has 0 radical (unpaired) electrons. The van der Waals surface area contributed by atoms with Crippen LogP contribution < -0.4 is 5.32 Å². The Morgan fingerprint density at radius 3 is 2.82 bits per heavy atom. The van der Waals surface area contributed by atoms with E-state index in [9.17, 15) is 4.79 Å². The third-order valence-electron chi connectivity index (χ3n) is 1.94. The van der Waals surface area contributed by atoms with Crippen molar-refractivity contribution in [2.75, 3.05) is 0 Å². The molecule has 1 amide bonds. The molecule has 0 spiro atoms. The van der Waals surface area contributed by atoms with Gasteiger partial charge >= 0.3 is 0 Å². The van der Waals surface area contributed by atoms with Crippen LogP contribution in [0.5, 0.6) is 0 Å². The second-order valence-electron chi connectivity index (χ2n) is 2.77. The lowest BCUT2D eigenvalue weighted by atomic mass is 10.2. The average Bonchev–Trinajstić information content (AvgIpc) is 2.37. The predicted octanol–water partition coefficient (Wildman–Crippen LogP) is 1.64. The molecule has 1 rings (SSSR count). The van der Waals surface area contributed by atoms with Gasteiger partial charge in [-0.3, -0.25) is 4.79 Å². The van der Waals surface area contributed by atoms with Gasteiger partial charge in [-0.05, 0) is 18.9 Å². The first kappa shape index (κ1) is 9.03. The number of hydrogen-bond donors (Lipinski definition) is 1. The van der Waals surface area contributed by atoms with E-state index in [1.807, 2.05) is 0 Å². The second-order valence-corrected chi connectivity index (χ2v) is 4.37. The zero-order valence-electron chi connectivity index (χ0n) is 6.35. The highest BCUT2D eigenvalue weighted by Crippen LogP contribution is 2.25. The second kappa shape index (κ2) is 4.09. The van der Waals surface area contributed by atoms with Gasteiger partial charge in [-0.1, -0.05) is 35.6 Å². The summed E-state index contributed by atoms with van der Waals surface area (Å²) in [6.07, 6.45) is 4.91. The van der Waals surface area contributed by atoms with Crippen LogP contribution in [0.4, 0.5) is 0 Å². The third kappa shape index (κ3) is 2.47. The van der Waals surface area contributed by atoms with Gasteiger partial charge in [-0.25, -0.2) is 0 Å². The first-order valence-electron chi connectivity index (χ1n) is 3.81. The van der Waals surface area contributed by atoms with Crippen molar-refractivity contribution in [1.29, 1.82) is 0 Å². The highest BCUT2D eigenvalue weighted by molar-refractivity contribution is 14.1. The smallest absolute Gasteiger partial charge is 0.243 e. The lowest BCUT2D eigenvalue weighted by Crippen LogP contribution is -2.36. The third-order valence-corrected chi connectivity index (χ3v) is 3.44. The number of carbonyl (C=O) groups is 1. The molecule has 0 aromatic rings. The van der Waals surface area contributed by atoms with Gasteiger partial charge in [-0.2, -0.15) is 0 Å². The number of nitrogens with one attached hydrogen (secondary N) is 1. The number of hydrogen-bond acceptors (Lipinski definition) is 1. The van der Waals surface area contributed by atoms with E-state index in [0.717, 1.165) is 6.42 Å². The molecule has 3 heteroatoms. The summed E-state index contributed by atoms with van der Waals surface area (Å²) in [5.74, 6) is -0.0430. The van der Waals surface area contributed by atoms with E-state index in [1.54, 1.807) is 0 Å². The van der Waals surface area contributed by atoms with Gasteiger partial charge in [0.2, 0.25) is 5.91 Å². The summed E-state index contributed by atoms with van der Waals surface area (Å²) in [6.45, 7) is 3.41. The van der Waals surface area contributed by atoms with Crippen molar-refractivity contribution in [2.45, 2.75) is 29.2 Å². The van der Waals surface area contributed by atoms with Gasteiger partial charge in [0.15, 0.2) is 0 Å². The molecule has 1 aliphatic carbocycles. The van der Waals surface area contributed by atoms with Gasteiger partial charge in [-0.15, -0.1) is 0 Å². The van der Waals surface area contributed by atoms with E-state index in [1.165, 1.54) is 18.9 Å². The lowest BCUT2D eigenvalue weighted by Gasteiger charge is -2.14. The van der Waals surface area contributed by atoms with Crippen LogP contribution in [-0.4, -0.2) is 15.9 Å². The summed E-state index contributed by atoms with van der Waals surface area (Å²) in [7, 11) is 0. The molecule has 1 aliphatic rings. The molecule has 2 unspecified atom stereocenters.